The summed E-state index contributed by atoms with van der Waals surface area (Å²) in [5.74, 6) is 0.00194. The van der Waals surface area contributed by atoms with Crippen LogP contribution in [-0.2, 0) is 4.74 Å². The fourth-order valence-corrected chi connectivity index (χ4v) is 4.46. The highest BCUT2D eigenvalue weighted by molar-refractivity contribution is 9.10. The highest BCUT2D eigenvalue weighted by atomic mass is 79.9. The third-order valence-corrected chi connectivity index (χ3v) is 6.10. The first-order valence-corrected chi connectivity index (χ1v) is 11.0. The van der Waals surface area contributed by atoms with Crippen molar-refractivity contribution < 1.29 is 19.7 Å². The van der Waals surface area contributed by atoms with Crippen molar-refractivity contribution in [1.82, 2.24) is 5.32 Å². The lowest BCUT2D eigenvalue weighted by Crippen LogP contribution is -2.30. The molecule has 0 saturated heterocycles. The number of carbonyl (C=O) groups is 1. The number of hydrogen-bond acceptors (Lipinski definition) is 4. The van der Waals surface area contributed by atoms with E-state index in [0.717, 1.165) is 15.6 Å². The van der Waals surface area contributed by atoms with Gasteiger partial charge in [-0.2, -0.15) is 0 Å². The number of fused-ring (bicyclic) bond motifs is 3. The van der Waals surface area contributed by atoms with Gasteiger partial charge in [0.1, 0.15) is 12.7 Å². The van der Waals surface area contributed by atoms with Crippen molar-refractivity contribution in [2.24, 2.45) is 0 Å². The van der Waals surface area contributed by atoms with E-state index in [-0.39, 0.29) is 25.5 Å². The Morgan fingerprint density at radius 3 is 2.26 bits per heavy atom. The third-order valence-electron chi connectivity index (χ3n) is 5.61. The Morgan fingerprint density at radius 2 is 1.61 bits per heavy atom. The molecule has 6 heteroatoms. The molecule has 4 rings (SSSR count). The molecule has 0 aliphatic heterocycles. The summed E-state index contributed by atoms with van der Waals surface area (Å²) in [6, 6.07) is 23.5. The standard InChI is InChI=1S/C25H24BrNO4/c26-17-7-5-6-16(14-17)24(29)23(28)12-13-27-25(30)31-15-22-20-10-3-1-8-18(20)19-9-2-4-11-21(19)22/h1-11,14,22-24,28-29H,12-13,15H2,(H,27,30). The molecule has 0 radical (unpaired) electrons. The van der Waals surface area contributed by atoms with Crippen molar-refractivity contribution in [3.8, 4) is 11.1 Å². The lowest BCUT2D eigenvalue weighted by atomic mass is 9.98. The van der Waals surface area contributed by atoms with Gasteiger partial charge in [0.2, 0.25) is 0 Å². The van der Waals surface area contributed by atoms with Crippen LogP contribution in [0.15, 0.2) is 77.3 Å². The number of aliphatic hydroxyl groups is 2. The van der Waals surface area contributed by atoms with Crippen molar-refractivity contribution in [1.29, 1.82) is 0 Å². The van der Waals surface area contributed by atoms with Crippen LogP contribution in [0.25, 0.3) is 11.1 Å². The Morgan fingerprint density at radius 1 is 0.968 bits per heavy atom. The van der Waals surface area contributed by atoms with Crippen molar-refractivity contribution in [2.45, 2.75) is 24.5 Å². The van der Waals surface area contributed by atoms with Crippen LogP contribution in [-0.4, -0.2) is 35.6 Å². The van der Waals surface area contributed by atoms with E-state index in [1.807, 2.05) is 30.3 Å². The fourth-order valence-electron chi connectivity index (χ4n) is 4.04. The van der Waals surface area contributed by atoms with Crippen LogP contribution in [0.2, 0.25) is 0 Å². The molecule has 0 fully saturated rings. The Balaban J connectivity index is 1.28. The number of hydrogen-bond donors (Lipinski definition) is 3. The molecule has 1 amide bonds. The quantitative estimate of drug-likeness (QED) is 0.453. The number of ether oxygens (including phenoxy) is 1. The van der Waals surface area contributed by atoms with Gasteiger partial charge in [-0.1, -0.05) is 76.6 Å². The molecule has 1 aliphatic rings. The lowest BCUT2D eigenvalue weighted by Gasteiger charge is -2.19. The van der Waals surface area contributed by atoms with Crippen molar-refractivity contribution >= 4 is 22.0 Å². The molecule has 0 aromatic heterocycles. The summed E-state index contributed by atoms with van der Waals surface area (Å²) in [5.41, 5.74) is 5.28. The summed E-state index contributed by atoms with van der Waals surface area (Å²) >= 11 is 3.35. The molecule has 3 aromatic carbocycles. The normalized spacial score (nSPS) is 14.4. The van der Waals surface area contributed by atoms with E-state index in [9.17, 15) is 15.0 Å². The molecule has 1 aliphatic carbocycles. The van der Waals surface area contributed by atoms with Gasteiger partial charge >= 0.3 is 6.09 Å². The zero-order valence-corrected chi connectivity index (χ0v) is 18.5. The molecule has 3 N–H and O–H groups in total. The number of alkyl carbamates (subject to hydrolysis) is 1. The van der Waals surface area contributed by atoms with Gasteiger partial charge in [-0.25, -0.2) is 4.79 Å². The summed E-state index contributed by atoms with van der Waals surface area (Å²) < 4.78 is 6.31. The predicted molar refractivity (Wildman–Crippen MR) is 123 cm³/mol. The molecule has 31 heavy (non-hydrogen) atoms. The molecular weight excluding hydrogens is 458 g/mol. The van der Waals surface area contributed by atoms with Crippen molar-refractivity contribution in [2.75, 3.05) is 13.2 Å². The zero-order chi connectivity index (χ0) is 21.8. The smallest absolute Gasteiger partial charge is 0.407 e. The second-order valence-electron chi connectivity index (χ2n) is 7.61. The number of nitrogens with one attached hydrogen (secondary N) is 1. The molecule has 160 valence electrons. The van der Waals surface area contributed by atoms with Crippen LogP contribution >= 0.6 is 15.9 Å². The summed E-state index contributed by atoms with van der Waals surface area (Å²) in [6.45, 7) is 0.436. The van der Waals surface area contributed by atoms with Gasteiger partial charge in [-0.3, -0.25) is 0 Å². The first-order chi connectivity index (χ1) is 15.0. The first kappa shape index (κ1) is 21.6. The minimum absolute atomic E-state index is 0.00194. The van der Waals surface area contributed by atoms with Gasteiger partial charge in [0, 0.05) is 16.9 Å². The minimum Gasteiger partial charge on any atom is -0.449 e. The van der Waals surface area contributed by atoms with Crippen molar-refractivity contribution in [3.05, 3.63) is 94.0 Å². The minimum atomic E-state index is -1.03. The van der Waals surface area contributed by atoms with Crippen LogP contribution in [0.1, 0.15) is 35.1 Å². The molecule has 2 unspecified atom stereocenters. The summed E-state index contributed by atoms with van der Waals surface area (Å²) in [5, 5.41) is 23.2. The average molecular weight is 482 g/mol. The maximum Gasteiger partial charge on any atom is 0.407 e. The molecular formula is C25H24BrNO4. The molecule has 3 aromatic rings. The number of aliphatic hydroxyl groups excluding tert-OH is 2. The topological polar surface area (TPSA) is 78.8 Å². The average Bonchev–Trinajstić information content (AvgIpc) is 3.11. The van der Waals surface area contributed by atoms with E-state index in [1.165, 1.54) is 11.1 Å². The maximum atomic E-state index is 12.2. The summed E-state index contributed by atoms with van der Waals surface area (Å²) in [7, 11) is 0. The number of benzene rings is 3. The second kappa shape index (κ2) is 9.64. The van der Waals surface area contributed by atoms with Gasteiger partial charge < -0.3 is 20.3 Å². The van der Waals surface area contributed by atoms with Gasteiger partial charge in [0.25, 0.3) is 0 Å². The van der Waals surface area contributed by atoms with Crippen LogP contribution in [0.5, 0.6) is 0 Å². The molecule has 5 nitrogen and oxygen atoms in total. The highest BCUT2D eigenvalue weighted by Gasteiger charge is 2.29. The van der Waals surface area contributed by atoms with E-state index in [4.69, 9.17) is 4.74 Å². The van der Waals surface area contributed by atoms with Crippen LogP contribution in [0.4, 0.5) is 4.79 Å². The molecule has 0 heterocycles. The predicted octanol–water partition coefficient (Wildman–Crippen LogP) is 4.77. The zero-order valence-electron chi connectivity index (χ0n) is 16.9. The van der Waals surface area contributed by atoms with Crippen LogP contribution in [0.3, 0.4) is 0 Å². The Labute approximate surface area is 189 Å². The molecule has 0 spiro atoms. The Kier molecular flexibility index (Phi) is 6.70. The lowest BCUT2D eigenvalue weighted by molar-refractivity contribution is 0.0136. The van der Waals surface area contributed by atoms with Crippen LogP contribution < -0.4 is 5.32 Å². The maximum absolute atomic E-state index is 12.2. The van der Waals surface area contributed by atoms with Gasteiger partial charge in [-0.05, 0) is 46.4 Å². The number of halogens is 1. The van der Waals surface area contributed by atoms with Gasteiger partial charge in [-0.15, -0.1) is 0 Å². The highest BCUT2D eigenvalue weighted by Crippen LogP contribution is 2.44. The number of amides is 1. The van der Waals surface area contributed by atoms with Crippen LogP contribution in [0, 0.1) is 0 Å². The summed E-state index contributed by atoms with van der Waals surface area (Å²) in [6.07, 6.45) is -2.35. The largest absolute Gasteiger partial charge is 0.449 e. The number of rotatable bonds is 7. The Bertz CT molecular complexity index is 1030. The molecule has 2 atom stereocenters. The second-order valence-corrected chi connectivity index (χ2v) is 8.52. The summed E-state index contributed by atoms with van der Waals surface area (Å²) in [4.78, 5) is 12.2. The molecule has 0 bridgehead atoms. The first-order valence-electron chi connectivity index (χ1n) is 10.2. The molecule has 0 saturated carbocycles. The van der Waals surface area contributed by atoms with E-state index in [2.05, 4.69) is 45.5 Å². The third kappa shape index (κ3) is 4.82. The Hall–Kier alpha value is -2.67. The van der Waals surface area contributed by atoms with E-state index < -0.39 is 18.3 Å². The van der Waals surface area contributed by atoms with Gasteiger partial charge in [0.15, 0.2) is 0 Å². The van der Waals surface area contributed by atoms with E-state index in [0.29, 0.717) is 5.56 Å². The van der Waals surface area contributed by atoms with Gasteiger partial charge in [0.05, 0.1) is 6.10 Å². The number of carbonyl (C=O) groups excluding carboxylic acids is 1. The van der Waals surface area contributed by atoms with E-state index in [1.54, 1.807) is 18.2 Å². The monoisotopic (exact) mass is 481 g/mol. The fraction of sp³-hybridized carbons (Fsp3) is 0.240. The van der Waals surface area contributed by atoms with Crippen molar-refractivity contribution in [3.63, 3.8) is 0 Å². The van der Waals surface area contributed by atoms with E-state index >= 15 is 0 Å². The SMILES string of the molecule is O=C(NCCC(O)C(O)c1cccc(Br)c1)OCC1c2ccccc2-c2ccccc21.